The first kappa shape index (κ1) is 12.0. The lowest BCUT2D eigenvalue weighted by atomic mass is 10.1. The molecule has 0 spiro atoms. The second kappa shape index (κ2) is 4.53. The molecule has 3 aromatic rings. The SMILES string of the molecule is Cc1cccc([N+](=O)[O-])c1-c1nc(-c2ncn[nH]2)no1. The molecule has 100 valence electrons. The number of hydrogen-bond acceptors (Lipinski definition) is 7. The maximum absolute atomic E-state index is 11.1. The van der Waals surface area contributed by atoms with Crippen molar-refractivity contribution in [2.75, 3.05) is 0 Å². The van der Waals surface area contributed by atoms with Gasteiger partial charge in [0.25, 0.3) is 11.6 Å². The van der Waals surface area contributed by atoms with Crippen LogP contribution in [0, 0.1) is 17.0 Å². The molecule has 0 atom stereocenters. The second-order valence-corrected chi connectivity index (χ2v) is 3.98. The number of H-pyrrole nitrogens is 1. The molecule has 3 rings (SSSR count). The van der Waals surface area contributed by atoms with E-state index in [-0.39, 0.29) is 17.4 Å². The number of rotatable bonds is 3. The molecule has 2 heterocycles. The molecule has 1 N–H and O–H groups in total. The summed E-state index contributed by atoms with van der Waals surface area (Å²) < 4.78 is 5.09. The third-order valence-corrected chi connectivity index (χ3v) is 2.71. The lowest BCUT2D eigenvalue weighted by Crippen LogP contribution is -1.94. The number of aromatic amines is 1. The first-order chi connectivity index (χ1) is 9.66. The predicted molar refractivity (Wildman–Crippen MR) is 66.5 cm³/mol. The minimum absolute atomic E-state index is 0.0706. The molecule has 9 heteroatoms. The van der Waals surface area contributed by atoms with Crippen LogP contribution >= 0.6 is 0 Å². The van der Waals surface area contributed by atoms with Crippen molar-refractivity contribution in [1.29, 1.82) is 0 Å². The highest BCUT2D eigenvalue weighted by molar-refractivity contribution is 5.71. The fraction of sp³-hybridized carbons (Fsp3) is 0.0909. The van der Waals surface area contributed by atoms with Crippen LogP contribution in [0.5, 0.6) is 0 Å². The summed E-state index contributed by atoms with van der Waals surface area (Å²) in [5.41, 5.74) is 0.889. The molecule has 0 amide bonds. The maximum Gasteiger partial charge on any atom is 0.282 e. The summed E-state index contributed by atoms with van der Waals surface area (Å²) in [7, 11) is 0. The molecule has 9 nitrogen and oxygen atoms in total. The second-order valence-electron chi connectivity index (χ2n) is 3.98. The number of benzene rings is 1. The highest BCUT2D eigenvalue weighted by Crippen LogP contribution is 2.32. The fourth-order valence-electron chi connectivity index (χ4n) is 1.82. The van der Waals surface area contributed by atoms with Gasteiger partial charge in [-0.2, -0.15) is 10.1 Å². The van der Waals surface area contributed by atoms with Crippen LogP contribution < -0.4 is 0 Å². The predicted octanol–water partition coefficient (Wildman–Crippen LogP) is 1.74. The molecule has 2 aromatic heterocycles. The van der Waals surface area contributed by atoms with Gasteiger partial charge in [0.1, 0.15) is 11.9 Å². The van der Waals surface area contributed by atoms with Gasteiger partial charge in [-0.15, -0.1) is 0 Å². The van der Waals surface area contributed by atoms with E-state index in [9.17, 15) is 10.1 Å². The molecule has 0 radical (unpaired) electrons. The molecule has 0 unspecified atom stereocenters. The zero-order valence-electron chi connectivity index (χ0n) is 10.3. The summed E-state index contributed by atoms with van der Waals surface area (Å²) >= 11 is 0. The summed E-state index contributed by atoms with van der Waals surface area (Å²) in [6, 6.07) is 4.73. The van der Waals surface area contributed by atoms with E-state index in [0.717, 1.165) is 0 Å². The Labute approximate surface area is 111 Å². The van der Waals surface area contributed by atoms with E-state index in [4.69, 9.17) is 4.52 Å². The topological polar surface area (TPSA) is 124 Å². The van der Waals surface area contributed by atoms with Crippen molar-refractivity contribution in [3.8, 4) is 23.1 Å². The largest absolute Gasteiger partial charge is 0.333 e. The van der Waals surface area contributed by atoms with Crippen molar-refractivity contribution in [2.45, 2.75) is 6.92 Å². The summed E-state index contributed by atoms with van der Waals surface area (Å²) in [5.74, 6) is 0.590. The first-order valence-electron chi connectivity index (χ1n) is 5.60. The Balaban J connectivity index is 2.13. The van der Waals surface area contributed by atoms with Crippen LogP contribution in [0.15, 0.2) is 29.0 Å². The van der Waals surface area contributed by atoms with Crippen LogP contribution in [-0.2, 0) is 0 Å². The van der Waals surface area contributed by atoms with Crippen LogP contribution in [0.25, 0.3) is 23.1 Å². The number of hydrogen-bond donors (Lipinski definition) is 1. The summed E-state index contributed by atoms with van der Waals surface area (Å²) in [4.78, 5) is 18.6. The van der Waals surface area contributed by atoms with E-state index in [1.807, 2.05) is 0 Å². The fourth-order valence-corrected chi connectivity index (χ4v) is 1.82. The zero-order valence-corrected chi connectivity index (χ0v) is 10.3. The van der Waals surface area contributed by atoms with Gasteiger partial charge < -0.3 is 4.52 Å². The van der Waals surface area contributed by atoms with Gasteiger partial charge in [0.15, 0.2) is 5.82 Å². The molecule has 0 aliphatic heterocycles. The van der Waals surface area contributed by atoms with Crippen LogP contribution in [-0.4, -0.2) is 30.2 Å². The van der Waals surface area contributed by atoms with Crippen LogP contribution in [0.4, 0.5) is 5.69 Å². The molecule has 0 aliphatic carbocycles. The smallest absolute Gasteiger partial charge is 0.282 e. The molecule has 0 saturated heterocycles. The summed E-state index contributed by atoms with van der Waals surface area (Å²) in [6.45, 7) is 1.74. The maximum atomic E-state index is 11.1. The Morgan fingerprint density at radius 3 is 2.95 bits per heavy atom. The number of nitrogens with one attached hydrogen (secondary N) is 1. The van der Waals surface area contributed by atoms with Gasteiger partial charge in [0, 0.05) is 6.07 Å². The minimum Gasteiger partial charge on any atom is -0.333 e. The highest BCUT2D eigenvalue weighted by Gasteiger charge is 2.23. The van der Waals surface area contributed by atoms with Crippen LogP contribution in [0.2, 0.25) is 0 Å². The first-order valence-corrected chi connectivity index (χ1v) is 5.60. The van der Waals surface area contributed by atoms with E-state index in [2.05, 4.69) is 25.3 Å². The number of nitrogens with zero attached hydrogens (tertiary/aromatic N) is 5. The van der Waals surface area contributed by atoms with Crippen LogP contribution in [0.1, 0.15) is 5.56 Å². The van der Waals surface area contributed by atoms with Crippen molar-refractivity contribution < 1.29 is 9.45 Å². The Bertz CT molecular complexity index is 764. The third-order valence-electron chi connectivity index (χ3n) is 2.71. The standard InChI is InChI=1S/C11H8N6O3/c1-6-3-2-4-7(17(18)19)8(6)11-14-10(16-20-11)9-12-5-13-15-9/h2-5H,1H3,(H,12,13,15). The van der Waals surface area contributed by atoms with E-state index in [1.54, 1.807) is 19.1 Å². The molecule has 0 saturated carbocycles. The van der Waals surface area contributed by atoms with Gasteiger partial charge in [-0.05, 0) is 12.5 Å². The van der Waals surface area contributed by atoms with Crippen molar-refractivity contribution in [2.24, 2.45) is 0 Å². The molecular formula is C11H8N6O3. The van der Waals surface area contributed by atoms with Gasteiger partial charge in [-0.1, -0.05) is 17.3 Å². The average Bonchev–Trinajstić information content (AvgIpc) is 3.09. The van der Waals surface area contributed by atoms with Crippen LogP contribution in [0.3, 0.4) is 0 Å². The lowest BCUT2D eigenvalue weighted by Gasteiger charge is -2.01. The molecule has 20 heavy (non-hydrogen) atoms. The number of aryl methyl sites for hydroxylation is 1. The normalized spacial score (nSPS) is 10.7. The van der Waals surface area contributed by atoms with Crippen molar-refractivity contribution in [3.05, 3.63) is 40.2 Å². The number of aromatic nitrogens is 5. The molecular weight excluding hydrogens is 264 g/mol. The Morgan fingerprint density at radius 2 is 2.25 bits per heavy atom. The number of nitro benzene ring substituents is 1. The Kier molecular flexibility index (Phi) is 2.71. The van der Waals surface area contributed by atoms with Crippen molar-refractivity contribution in [3.63, 3.8) is 0 Å². The van der Waals surface area contributed by atoms with Crippen molar-refractivity contribution >= 4 is 5.69 Å². The summed E-state index contributed by atoms with van der Waals surface area (Å²) in [5, 5.41) is 21.1. The molecule has 0 aliphatic rings. The third kappa shape index (κ3) is 1.90. The number of nitro groups is 1. The van der Waals surface area contributed by atoms with Gasteiger partial charge in [-0.3, -0.25) is 15.2 Å². The van der Waals surface area contributed by atoms with Gasteiger partial charge in [0.2, 0.25) is 5.82 Å². The van der Waals surface area contributed by atoms with Gasteiger partial charge >= 0.3 is 0 Å². The Hall–Kier alpha value is -3.10. The molecule has 0 fully saturated rings. The zero-order chi connectivity index (χ0) is 14.1. The van der Waals surface area contributed by atoms with E-state index < -0.39 is 4.92 Å². The van der Waals surface area contributed by atoms with E-state index in [0.29, 0.717) is 17.0 Å². The van der Waals surface area contributed by atoms with Gasteiger partial charge in [0.05, 0.1) is 4.92 Å². The quantitative estimate of drug-likeness (QED) is 0.568. The van der Waals surface area contributed by atoms with Gasteiger partial charge in [-0.25, -0.2) is 4.98 Å². The van der Waals surface area contributed by atoms with Crippen molar-refractivity contribution in [1.82, 2.24) is 25.3 Å². The molecule has 0 bridgehead atoms. The monoisotopic (exact) mass is 272 g/mol. The van der Waals surface area contributed by atoms with E-state index >= 15 is 0 Å². The Morgan fingerprint density at radius 1 is 1.40 bits per heavy atom. The molecule has 1 aromatic carbocycles. The van der Waals surface area contributed by atoms with E-state index in [1.165, 1.54) is 12.4 Å². The lowest BCUT2D eigenvalue weighted by molar-refractivity contribution is -0.384. The average molecular weight is 272 g/mol. The minimum atomic E-state index is -0.485. The highest BCUT2D eigenvalue weighted by atomic mass is 16.6. The summed E-state index contributed by atoms with van der Waals surface area (Å²) in [6.07, 6.45) is 1.31.